The van der Waals surface area contributed by atoms with Gasteiger partial charge in [0.2, 0.25) is 0 Å². The molecule has 1 unspecified atom stereocenters. The van der Waals surface area contributed by atoms with Crippen molar-refractivity contribution in [1.82, 2.24) is 14.5 Å². The van der Waals surface area contributed by atoms with Crippen LogP contribution in [0.2, 0.25) is 0 Å². The van der Waals surface area contributed by atoms with E-state index < -0.39 is 35.7 Å². The van der Waals surface area contributed by atoms with Gasteiger partial charge in [-0.3, -0.25) is 14.3 Å². The van der Waals surface area contributed by atoms with E-state index in [9.17, 15) is 22.8 Å². The summed E-state index contributed by atoms with van der Waals surface area (Å²) >= 11 is 0. The molecule has 3 rings (SSSR count). The molecule has 1 saturated heterocycles. The van der Waals surface area contributed by atoms with Crippen molar-refractivity contribution in [3.63, 3.8) is 0 Å². The van der Waals surface area contributed by atoms with Crippen molar-refractivity contribution in [2.75, 3.05) is 7.11 Å². The third-order valence-electron chi connectivity index (χ3n) is 4.62. The van der Waals surface area contributed by atoms with Crippen LogP contribution in [0, 0.1) is 0 Å². The fourth-order valence-electron chi connectivity index (χ4n) is 2.97. The molecule has 0 aliphatic carbocycles. The van der Waals surface area contributed by atoms with Gasteiger partial charge in [-0.25, -0.2) is 9.78 Å². The fraction of sp³-hybridized carbons (Fsp3) is 0.389. The maximum absolute atomic E-state index is 13.0. The zero-order valence-corrected chi connectivity index (χ0v) is 15.4. The average Bonchev–Trinajstić information content (AvgIpc) is 2.91. The van der Waals surface area contributed by atoms with Crippen LogP contribution >= 0.6 is 0 Å². The second-order valence-electron chi connectivity index (χ2n) is 6.42. The Bertz CT molecular complexity index is 941. The zero-order chi connectivity index (χ0) is 20.6. The first-order valence-corrected chi connectivity index (χ1v) is 8.37. The highest BCUT2D eigenvalue weighted by Crippen LogP contribution is 2.34. The minimum absolute atomic E-state index is 0.188. The topological polar surface area (TPSA) is 73.7 Å². The number of aromatic nitrogens is 2. The van der Waals surface area contributed by atoms with Crippen molar-refractivity contribution in [3.8, 4) is 5.75 Å². The molecule has 2 atom stereocenters. The first-order valence-electron chi connectivity index (χ1n) is 8.37. The van der Waals surface area contributed by atoms with Gasteiger partial charge in [0.15, 0.2) is 17.6 Å². The number of cyclic esters (lactones) is 1. The van der Waals surface area contributed by atoms with Crippen LogP contribution in [0.15, 0.2) is 35.1 Å². The summed E-state index contributed by atoms with van der Waals surface area (Å²) in [6, 6.07) is 6.79. The Morgan fingerprint density at radius 2 is 1.86 bits per heavy atom. The Labute approximate surface area is 158 Å². The van der Waals surface area contributed by atoms with Gasteiger partial charge in [0.25, 0.3) is 5.56 Å². The molecule has 1 fully saturated rings. The third-order valence-corrected chi connectivity index (χ3v) is 4.62. The molecule has 0 N–H and O–H groups in total. The number of hydrogen-bond acceptors (Lipinski definition) is 5. The lowest BCUT2D eigenvalue weighted by Gasteiger charge is -2.22. The lowest BCUT2D eigenvalue weighted by Crippen LogP contribution is -2.34. The molecule has 0 radical (unpaired) electrons. The monoisotopic (exact) mass is 397 g/mol. The van der Waals surface area contributed by atoms with Crippen LogP contribution in [0.4, 0.5) is 18.0 Å². The molecule has 1 amide bonds. The molecule has 2 aromatic rings. The van der Waals surface area contributed by atoms with Gasteiger partial charge >= 0.3 is 12.3 Å². The number of benzene rings is 1. The lowest BCUT2D eigenvalue weighted by atomic mass is 10.1. The number of methoxy groups -OCH3 is 1. The highest BCUT2D eigenvalue weighted by molar-refractivity contribution is 5.70. The van der Waals surface area contributed by atoms with Crippen LogP contribution in [-0.2, 0) is 24.5 Å². The summed E-state index contributed by atoms with van der Waals surface area (Å²) < 4.78 is 50.4. The number of carbonyl (C=O) groups is 1. The summed E-state index contributed by atoms with van der Waals surface area (Å²) in [4.78, 5) is 29.2. The van der Waals surface area contributed by atoms with Crippen LogP contribution in [0.1, 0.15) is 30.1 Å². The van der Waals surface area contributed by atoms with E-state index in [4.69, 9.17) is 9.47 Å². The van der Waals surface area contributed by atoms with Gasteiger partial charge in [-0.2, -0.15) is 13.2 Å². The van der Waals surface area contributed by atoms with E-state index in [2.05, 4.69) is 4.98 Å². The number of halogens is 3. The largest absolute Gasteiger partial charge is 0.497 e. The predicted octanol–water partition coefficient (Wildman–Crippen LogP) is 2.89. The summed E-state index contributed by atoms with van der Waals surface area (Å²) in [6.07, 6.45) is -6.58. The second kappa shape index (κ2) is 7.17. The van der Waals surface area contributed by atoms with Crippen LogP contribution < -0.4 is 10.3 Å². The number of nitrogens with zero attached hydrogens (tertiary/aromatic N) is 3. The molecule has 28 heavy (non-hydrogen) atoms. The minimum Gasteiger partial charge on any atom is -0.497 e. The van der Waals surface area contributed by atoms with Crippen molar-refractivity contribution in [2.45, 2.75) is 31.8 Å². The van der Waals surface area contributed by atoms with Gasteiger partial charge in [-0.15, -0.1) is 0 Å². The summed E-state index contributed by atoms with van der Waals surface area (Å²) in [6.45, 7) is 1.82. The van der Waals surface area contributed by atoms with Crippen molar-refractivity contribution in [2.24, 2.45) is 7.05 Å². The molecular weight excluding hydrogens is 379 g/mol. The molecule has 1 aromatic heterocycles. The zero-order valence-electron chi connectivity index (χ0n) is 15.4. The molecule has 2 heterocycles. The number of hydrogen-bond donors (Lipinski definition) is 0. The molecule has 0 spiro atoms. The van der Waals surface area contributed by atoms with Gasteiger partial charge in [0, 0.05) is 19.7 Å². The molecule has 1 aromatic carbocycles. The van der Waals surface area contributed by atoms with Gasteiger partial charge < -0.3 is 9.47 Å². The van der Waals surface area contributed by atoms with E-state index in [0.717, 1.165) is 10.1 Å². The predicted molar refractivity (Wildman–Crippen MR) is 91.7 cm³/mol. The first-order chi connectivity index (χ1) is 13.1. The SMILES string of the molecule is COc1ccc(CN2C(=O)OC(c3nc(C(F)(F)F)cc(=O)n3C)[C@@H]2C)cc1. The smallest absolute Gasteiger partial charge is 0.433 e. The molecule has 10 heteroatoms. The Balaban J connectivity index is 1.90. The summed E-state index contributed by atoms with van der Waals surface area (Å²) in [5.74, 6) is 0.403. The number of alkyl halides is 3. The molecule has 7 nitrogen and oxygen atoms in total. The summed E-state index contributed by atoms with van der Waals surface area (Å²) in [7, 11) is 2.82. The van der Waals surface area contributed by atoms with Crippen LogP contribution in [0.3, 0.4) is 0 Å². The minimum atomic E-state index is -4.78. The normalized spacial score (nSPS) is 19.6. The molecule has 1 aliphatic heterocycles. The number of rotatable bonds is 4. The summed E-state index contributed by atoms with van der Waals surface area (Å²) in [5.41, 5.74) is -1.41. The Morgan fingerprint density at radius 1 is 1.21 bits per heavy atom. The molecule has 150 valence electrons. The first kappa shape index (κ1) is 19.7. The Hall–Kier alpha value is -3.04. The van der Waals surface area contributed by atoms with Crippen molar-refractivity contribution >= 4 is 6.09 Å². The van der Waals surface area contributed by atoms with Crippen LogP contribution in [0.25, 0.3) is 0 Å². The highest BCUT2D eigenvalue weighted by atomic mass is 19.4. The van der Waals surface area contributed by atoms with Crippen LogP contribution in [-0.4, -0.2) is 33.7 Å². The van der Waals surface area contributed by atoms with E-state index in [0.29, 0.717) is 11.8 Å². The van der Waals surface area contributed by atoms with E-state index in [1.807, 2.05) is 0 Å². The van der Waals surface area contributed by atoms with Crippen LogP contribution in [0.5, 0.6) is 5.75 Å². The van der Waals surface area contributed by atoms with Gasteiger partial charge in [0.05, 0.1) is 13.2 Å². The maximum atomic E-state index is 13.0. The third kappa shape index (κ3) is 3.67. The van der Waals surface area contributed by atoms with Gasteiger partial charge in [0.1, 0.15) is 5.75 Å². The van der Waals surface area contributed by atoms with Gasteiger partial charge in [-0.1, -0.05) is 12.1 Å². The fourth-order valence-corrected chi connectivity index (χ4v) is 2.97. The van der Waals surface area contributed by atoms with E-state index >= 15 is 0 Å². The summed E-state index contributed by atoms with van der Waals surface area (Å²) in [5, 5.41) is 0. The molecule has 0 saturated carbocycles. The quantitative estimate of drug-likeness (QED) is 0.793. The Kier molecular flexibility index (Phi) is 5.05. The number of ether oxygens (including phenoxy) is 2. The van der Waals surface area contributed by atoms with Gasteiger partial charge in [-0.05, 0) is 24.6 Å². The Morgan fingerprint density at radius 3 is 2.43 bits per heavy atom. The van der Waals surface area contributed by atoms with E-state index in [1.54, 1.807) is 31.2 Å². The molecule has 0 bridgehead atoms. The van der Waals surface area contributed by atoms with Crippen molar-refractivity contribution < 1.29 is 27.4 Å². The molecule has 1 aliphatic rings. The number of carbonyl (C=O) groups excluding carboxylic acids is 1. The van der Waals surface area contributed by atoms with E-state index in [1.165, 1.54) is 19.1 Å². The standard InChI is InChI=1S/C18H18F3N3O4/c1-10-15(16-22-13(18(19,20)21)8-14(25)23(16)2)28-17(26)24(10)9-11-4-6-12(27-3)7-5-11/h4-8,10,15H,9H2,1-3H3/t10-,15?/m0/s1. The lowest BCUT2D eigenvalue weighted by molar-refractivity contribution is -0.141. The van der Waals surface area contributed by atoms with Crippen molar-refractivity contribution in [1.29, 1.82) is 0 Å². The van der Waals surface area contributed by atoms with Crippen molar-refractivity contribution in [3.05, 3.63) is 57.8 Å². The molecular formula is C18H18F3N3O4. The maximum Gasteiger partial charge on any atom is 0.433 e. The second-order valence-corrected chi connectivity index (χ2v) is 6.42. The van der Waals surface area contributed by atoms with E-state index in [-0.39, 0.29) is 12.4 Å². The number of amides is 1. The highest BCUT2D eigenvalue weighted by Gasteiger charge is 2.43. The average molecular weight is 397 g/mol.